The van der Waals surface area contributed by atoms with Gasteiger partial charge in [-0.15, -0.1) is 0 Å². The highest BCUT2D eigenvalue weighted by Crippen LogP contribution is 2.28. The highest BCUT2D eigenvalue weighted by Gasteiger charge is 2.24. The van der Waals surface area contributed by atoms with Crippen LogP contribution in [0.1, 0.15) is 42.4 Å². The third-order valence-electron chi connectivity index (χ3n) is 4.87. The molecule has 2 aliphatic rings. The Morgan fingerprint density at radius 3 is 2.50 bits per heavy atom. The highest BCUT2D eigenvalue weighted by molar-refractivity contribution is 5.30. The second-order valence-corrected chi connectivity index (χ2v) is 6.83. The average Bonchev–Trinajstić information content (AvgIpc) is 3.25. The van der Waals surface area contributed by atoms with E-state index < -0.39 is 0 Å². The molecule has 1 aliphatic carbocycles. The van der Waals surface area contributed by atoms with E-state index in [0.717, 1.165) is 18.5 Å². The minimum atomic E-state index is 0.769. The summed E-state index contributed by atoms with van der Waals surface area (Å²) < 4.78 is 0. The largest absolute Gasteiger partial charge is 0.314 e. The highest BCUT2D eigenvalue weighted by atomic mass is 15.1. The van der Waals surface area contributed by atoms with E-state index in [2.05, 4.69) is 42.3 Å². The molecule has 2 nitrogen and oxygen atoms in total. The van der Waals surface area contributed by atoms with Crippen LogP contribution in [0.3, 0.4) is 0 Å². The minimum absolute atomic E-state index is 0.769. The molecule has 1 saturated heterocycles. The van der Waals surface area contributed by atoms with E-state index >= 15 is 0 Å². The third kappa shape index (κ3) is 3.83. The van der Waals surface area contributed by atoms with Gasteiger partial charge in [-0.25, -0.2) is 0 Å². The van der Waals surface area contributed by atoms with Gasteiger partial charge >= 0.3 is 0 Å². The number of rotatable bonds is 5. The predicted molar refractivity (Wildman–Crippen MR) is 84.9 cm³/mol. The molecule has 1 saturated carbocycles. The van der Waals surface area contributed by atoms with Crippen molar-refractivity contribution < 1.29 is 0 Å². The van der Waals surface area contributed by atoms with Gasteiger partial charge in [-0.3, -0.25) is 4.90 Å². The topological polar surface area (TPSA) is 15.3 Å². The molecule has 110 valence electrons. The molecule has 0 spiro atoms. The minimum Gasteiger partial charge on any atom is -0.314 e. The fraction of sp³-hybridized carbons (Fsp3) is 0.667. The molecule has 0 amide bonds. The van der Waals surface area contributed by atoms with Crippen LogP contribution in [0, 0.1) is 19.8 Å². The first-order valence-electron chi connectivity index (χ1n) is 8.22. The zero-order chi connectivity index (χ0) is 13.9. The number of nitrogens with zero attached hydrogens (tertiary/aromatic N) is 1. The summed E-state index contributed by atoms with van der Waals surface area (Å²) in [5.41, 5.74) is 4.31. The summed E-state index contributed by atoms with van der Waals surface area (Å²) in [7, 11) is 0. The Morgan fingerprint density at radius 2 is 1.85 bits per heavy atom. The number of nitrogens with one attached hydrogen (secondary N) is 1. The summed E-state index contributed by atoms with van der Waals surface area (Å²) in [6, 6.07) is 7.62. The van der Waals surface area contributed by atoms with Gasteiger partial charge in [0.25, 0.3) is 0 Å². The van der Waals surface area contributed by atoms with Crippen LogP contribution in [0.15, 0.2) is 18.2 Å². The van der Waals surface area contributed by atoms with Crippen molar-refractivity contribution in [3.05, 3.63) is 34.9 Å². The molecule has 20 heavy (non-hydrogen) atoms. The van der Waals surface area contributed by atoms with Gasteiger partial charge < -0.3 is 5.32 Å². The Hall–Kier alpha value is -0.860. The third-order valence-corrected chi connectivity index (χ3v) is 4.87. The molecule has 1 aromatic rings. The van der Waals surface area contributed by atoms with Gasteiger partial charge in [0.2, 0.25) is 0 Å². The monoisotopic (exact) mass is 272 g/mol. The van der Waals surface area contributed by atoms with Crippen molar-refractivity contribution in [3.8, 4) is 0 Å². The SMILES string of the molecule is Cc1ccc(CN2CCC(NCC3CC3)CC2)c(C)c1. The average molecular weight is 272 g/mol. The Balaban J connectivity index is 1.45. The lowest BCUT2D eigenvalue weighted by Gasteiger charge is -2.33. The van der Waals surface area contributed by atoms with Crippen LogP contribution >= 0.6 is 0 Å². The van der Waals surface area contributed by atoms with E-state index in [9.17, 15) is 0 Å². The molecule has 1 aromatic carbocycles. The summed E-state index contributed by atoms with van der Waals surface area (Å²) in [4.78, 5) is 2.62. The maximum atomic E-state index is 3.76. The van der Waals surface area contributed by atoms with E-state index in [4.69, 9.17) is 0 Å². The van der Waals surface area contributed by atoms with Gasteiger partial charge in [-0.1, -0.05) is 23.8 Å². The van der Waals surface area contributed by atoms with E-state index in [1.807, 2.05) is 0 Å². The van der Waals surface area contributed by atoms with Crippen molar-refractivity contribution in [2.45, 2.75) is 52.1 Å². The predicted octanol–water partition coefficient (Wildman–Crippen LogP) is 3.27. The van der Waals surface area contributed by atoms with Gasteiger partial charge in [-0.05, 0) is 76.2 Å². The van der Waals surface area contributed by atoms with Crippen LogP contribution in [0.4, 0.5) is 0 Å². The van der Waals surface area contributed by atoms with Crippen molar-refractivity contribution in [1.82, 2.24) is 10.2 Å². The van der Waals surface area contributed by atoms with Crippen LogP contribution in [-0.4, -0.2) is 30.6 Å². The second kappa shape index (κ2) is 6.28. The molecular weight excluding hydrogens is 244 g/mol. The molecule has 3 rings (SSSR count). The van der Waals surface area contributed by atoms with Gasteiger partial charge in [0.05, 0.1) is 0 Å². The van der Waals surface area contributed by atoms with Crippen LogP contribution < -0.4 is 5.32 Å². The first-order chi connectivity index (χ1) is 9.70. The van der Waals surface area contributed by atoms with Gasteiger partial charge in [0.15, 0.2) is 0 Å². The van der Waals surface area contributed by atoms with Gasteiger partial charge in [0, 0.05) is 12.6 Å². The normalized spacial score (nSPS) is 21.3. The van der Waals surface area contributed by atoms with Gasteiger partial charge in [-0.2, -0.15) is 0 Å². The van der Waals surface area contributed by atoms with E-state index in [-0.39, 0.29) is 0 Å². The van der Waals surface area contributed by atoms with Crippen LogP contribution in [-0.2, 0) is 6.54 Å². The molecular formula is C18H28N2. The number of piperidine rings is 1. The van der Waals surface area contributed by atoms with E-state index in [0.29, 0.717) is 0 Å². The molecule has 0 unspecified atom stereocenters. The summed E-state index contributed by atoms with van der Waals surface area (Å²) in [5.74, 6) is 1.00. The fourth-order valence-electron chi connectivity index (χ4n) is 3.21. The molecule has 2 fully saturated rings. The van der Waals surface area contributed by atoms with Crippen LogP contribution in [0.25, 0.3) is 0 Å². The number of aryl methyl sites for hydroxylation is 2. The van der Waals surface area contributed by atoms with Crippen molar-refractivity contribution in [1.29, 1.82) is 0 Å². The maximum Gasteiger partial charge on any atom is 0.0236 e. The summed E-state index contributed by atoms with van der Waals surface area (Å²) in [5, 5.41) is 3.76. The van der Waals surface area contributed by atoms with Crippen molar-refractivity contribution in [3.63, 3.8) is 0 Å². The number of likely N-dealkylation sites (tertiary alicyclic amines) is 1. The lowest BCUT2D eigenvalue weighted by Crippen LogP contribution is -2.42. The van der Waals surface area contributed by atoms with Crippen molar-refractivity contribution >= 4 is 0 Å². The number of benzene rings is 1. The molecule has 1 aliphatic heterocycles. The molecule has 0 bridgehead atoms. The van der Waals surface area contributed by atoms with Crippen molar-refractivity contribution in [2.75, 3.05) is 19.6 Å². The standard InChI is InChI=1S/C18H28N2/c1-14-3-6-17(15(2)11-14)13-20-9-7-18(8-10-20)19-12-16-4-5-16/h3,6,11,16,18-19H,4-5,7-10,12-13H2,1-2H3. The molecule has 1 N–H and O–H groups in total. The number of hydrogen-bond acceptors (Lipinski definition) is 2. The summed E-state index contributed by atoms with van der Waals surface area (Å²) in [6.07, 6.45) is 5.55. The van der Waals surface area contributed by atoms with E-state index in [1.165, 1.54) is 62.0 Å². The molecule has 2 heteroatoms. The Labute approximate surface area is 123 Å². The van der Waals surface area contributed by atoms with Crippen molar-refractivity contribution in [2.24, 2.45) is 5.92 Å². The zero-order valence-electron chi connectivity index (χ0n) is 13.0. The first kappa shape index (κ1) is 14.1. The van der Waals surface area contributed by atoms with Crippen LogP contribution in [0.2, 0.25) is 0 Å². The lowest BCUT2D eigenvalue weighted by atomic mass is 10.0. The first-order valence-corrected chi connectivity index (χ1v) is 8.22. The molecule has 1 heterocycles. The summed E-state index contributed by atoms with van der Waals surface area (Å²) in [6.45, 7) is 9.30. The summed E-state index contributed by atoms with van der Waals surface area (Å²) >= 11 is 0. The smallest absolute Gasteiger partial charge is 0.0236 e. The lowest BCUT2D eigenvalue weighted by molar-refractivity contribution is 0.190. The second-order valence-electron chi connectivity index (χ2n) is 6.83. The maximum absolute atomic E-state index is 3.76. The Morgan fingerprint density at radius 1 is 1.10 bits per heavy atom. The molecule has 0 atom stereocenters. The van der Waals surface area contributed by atoms with Gasteiger partial charge in [0.1, 0.15) is 0 Å². The fourth-order valence-corrected chi connectivity index (χ4v) is 3.21. The van der Waals surface area contributed by atoms with E-state index in [1.54, 1.807) is 0 Å². The van der Waals surface area contributed by atoms with Crippen LogP contribution in [0.5, 0.6) is 0 Å². The Kier molecular flexibility index (Phi) is 4.42. The Bertz CT molecular complexity index is 443. The zero-order valence-corrected chi connectivity index (χ0v) is 13.0. The molecule has 0 radical (unpaired) electrons. The molecule has 0 aromatic heterocycles. The quantitative estimate of drug-likeness (QED) is 0.885. The number of hydrogen-bond donors (Lipinski definition) is 1.